The van der Waals surface area contributed by atoms with Gasteiger partial charge < -0.3 is 10.1 Å². The van der Waals surface area contributed by atoms with Crippen molar-refractivity contribution in [1.29, 1.82) is 0 Å². The summed E-state index contributed by atoms with van der Waals surface area (Å²) in [6.45, 7) is 0.465. The number of carbonyl (C=O) groups excluding carboxylic acids is 1. The number of carbonyl (C=O) groups is 1. The van der Waals surface area contributed by atoms with Gasteiger partial charge in [-0.25, -0.2) is 0 Å². The molecule has 3 rings (SSSR count). The second-order valence-electron chi connectivity index (χ2n) is 5.53. The molecule has 26 heavy (non-hydrogen) atoms. The lowest BCUT2D eigenvalue weighted by Crippen LogP contribution is -2.25. The summed E-state index contributed by atoms with van der Waals surface area (Å²) >= 11 is 12.1. The molecule has 0 unspecified atom stereocenters. The fourth-order valence-electron chi connectivity index (χ4n) is 2.37. The van der Waals surface area contributed by atoms with Gasteiger partial charge in [0.25, 0.3) is 5.91 Å². The highest BCUT2D eigenvalue weighted by molar-refractivity contribution is 6.42. The molecule has 0 aliphatic carbocycles. The molecule has 1 aromatic heterocycles. The molecule has 0 aliphatic heterocycles. The number of rotatable bonds is 6. The molecule has 0 spiro atoms. The number of halogens is 2. The maximum atomic E-state index is 12.2. The van der Waals surface area contributed by atoms with Crippen LogP contribution >= 0.6 is 23.2 Å². The summed E-state index contributed by atoms with van der Waals surface area (Å²) < 4.78 is 5.66. The average molecular weight is 387 g/mol. The van der Waals surface area contributed by atoms with Crippen LogP contribution in [-0.2, 0) is 6.42 Å². The number of nitrogens with one attached hydrogen (secondary N) is 1. The third kappa shape index (κ3) is 4.75. The normalized spacial score (nSPS) is 10.4. The van der Waals surface area contributed by atoms with Gasteiger partial charge in [0.1, 0.15) is 11.5 Å². The zero-order valence-electron chi connectivity index (χ0n) is 13.8. The highest BCUT2D eigenvalue weighted by Crippen LogP contribution is 2.25. The Kier molecular flexibility index (Phi) is 6.10. The molecule has 4 nitrogen and oxygen atoms in total. The lowest BCUT2D eigenvalue weighted by atomic mass is 10.1. The first-order valence-electron chi connectivity index (χ1n) is 8.02. The van der Waals surface area contributed by atoms with Crippen molar-refractivity contribution in [2.45, 2.75) is 6.42 Å². The molecule has 0 saturated carbocycles. The fourth-order valence-corrected chi connectivity index (χ4v) is 2.79. The average Bonchev–Trinajstić information content (AvgIpc) is 2.66. The largest absolute Gasteiger partial charge is 0.456 e. The molecule has 3 aromatic rings. The lowest BCUT2D eigenvalue weighted by Gasteiger charge is -2.09. The molecule has 6 heteroatoms. The monoisotopic (exact) mass is 386 g/mol. The van der Waals surface area contributed by atoms with Crippen molar-refractivity contribution in [3.8, 4) is 11.5 Å². The smallest absolute Gasteiger partial charge is 0.251 e. The van der Waals surface area contributed by atoms with Gasteiger partial charge in [-0.15, -0.1) is 0 Å². The molecule has 132 valence electrons. The predicted molar refractivity (Wildman–Crippen MR) is 103 cm³/mol. The highest BCUT2D eigenvalue weighted by atomic mass is 35.5. The maximum Gasteiger partial charge on any atom is 0.251 e. The van der Waals surface area contributed by atoms with E-state index < -0.39 is 0 Å². The van der Waals surface area contributed by atoms with E-state index in [0.29, 0.717) is 40.1 Å². The SMILES string of the molecule is O=C(NCCc1cccc(Cl)c1Cl)c1ccc(Oc2cccnc2)cc1. The Hall–Kier alpha value is -2.56. The van der Waals surface area contributed by atoms with E-state index in [1.165, 1.54) is 0 Å². The summed E-state index contributed by atoms with van der Waals surface area (Å²) in [5.41, 5.74) is 1.46. The Balaban J connectivity index is 1.54. The zero-order valence-corrected chi connectivity index (χ0v) is 15.3. The Bertz CT molecular complexity index is 884. The third-order valence-corrected chi connectivity index (χ3v) is 4.56. The van der Waals surface area contributed by atoms with Gasteiger partial charge in [-0.2, -0.15) is 0 Å². The Morgan fingerprint density at radius 2 is 1.81 bits per heavy atom. The van der Waals surface area contributed by atoms with Crippen LogP contribution in [0.25, 0.3) is 0 Å². The zero-order chi connectivity index (χ0) is 18.4. The summed E-state index contributed by atoms with van der Waals surface area (Å²) in [5.74, 6) is 1.12. The minimum Gasteiger partial charge on any atom is -0.456 e. The summed E-state index contributed by atoms with van der Waals surface area (Å²) in [4.78, 5) is 16.2. The van der Waals surface area contributed by atoms with Gasteiger partial charge in [-0.3, -0.25) is 9.78 Å². The van der Waals surface area contributed by atoms with Crippen LogP contribution in [0.3, 0.4) is 0 Å². The number of hydrogen-bond acceptors (Lipinski definition) is 3. The Labute approximate surface area is 161 Å². The summed E-state index contributed by atoms with van der Waals surface area (Å²) in [6, 6.07) is 16.0. The minimum atomic E-state index is -0.156. The Morgan fingerprint density at radius 1 is 1.00 bits per heavy atom. The second-order valence-corrected chi connectivity index (χ2v) is 6.32. The van der Waals surface area contributed by atoms with Gasteiger partial charge in [0.05, 0.1) is 16.2 Å². The Morgan fingerprint density at radius 3 is 2.54 bits per heavy atom. The minimum absolute atomic E-state index is 0.156. The molecule has 0 atom stereocenters. The molecular weight excluding hydrogens is 371 g/mol. The van der Waals surface area contributed by atoms with Crippen molar-refractivity contribution < 1.29 is 9.53 Å². The quantitative estimate of drug-likeness (QED) is 0.636. The molecule has 0 saturated heterocycles. The molecular formula is C20H16Cl2N2O2. The number of ether oxygens (including phenoxy) is 1. The van der Waals surface area contributed by atoms with E-state index in [9.17, 15) is 4.79 Å². The molecule has 0 radical (unpaired) electrons. The van der Waals surface area contributed by atoms with Gasteiger partial charge in [0, 0.05) is 18.3 Å². The molecule has 0 bridgehead atoms. The van der Waals surface area contributed by atoms with Crippen LogP contribution in [0.4, 0.5) is 0 Å². The van der Waals surface area contributed by atoms with Crippen LogP contribution in [0.2, 0.25) is 10.0 Å². The van der Waals surface area contributed by atoms with Crippen molar-refractivity contribution in [2.75, 3.05) is 6.54 Å². The van der Waals surface area contributed by atoms with Gasteiger partial charge in [0.2, 0.25) is 0 Å². The first-order valence-corrected chi connectivity index (χ1v) is 8.78. The number of amides is 1. The van der Waals surface area contributed by atoms with Crippen LogP contribution in [-0.4, -0.2) is 17.4 Å². The molecule has 2 aromatic carbocycles. The third-order valence-electron chi connectivity index (χ3n) is 3.70. The van der Waals surface area contributed by atoms with Crippen molar-refractivity contribution in [1.82, 2.24) is 10.3 Å². The van der Waals surface area contributed by atoms with Crippen molar-refractivity contribution in [3.63, 3.8) is 0 Å². The maximum absolute atomic E-state index is 12.2. The van der Waals surface area contributed by atoms with Crippen molar-refractivity contribution in [2.24, 2.45) is 0 Å². The topological polar surface area (TPSA) is 51.2 Å². The van der Waals surface area contributed by atoms with Crippen LogP contribution < -0.4 is 10.1 Å². The number of aromatic nitrogens is 1. The first-order chi connectivity index (χ1) is 12.6. The van der Waals surface area contributed by atoms with Crippen molar-refractivity contribution >= 4 is 29.1 Å². The van der Waals surface area contributed by atoms with E-state index in [-0.39, 0.29) is 5.91 Å². The van der Waals surface area contributed by atoms with E-state index in [2.05, 4.69) is 10.3 Å². The number of benzene rings is 2. The number of pyridine rings is 1. The van der Waals surface area contributed by atoms with E-state index in [1.54, 1.807) is 48.8 Å². The van der Waals surface area contributed by atoms with Gasteiger partial charge in [0.15, 0.2) is 0 Å². The summed E-state index contributed by atoms with van der Waals surface area (Å²) in [5, 5.41) is 3.91. The standard InChI is InChI=1S/C20H16Cl2N2O2/c21-18-5-1-3-14(19(18)22)10-12-24-20(25)15-6-8-16(9-7-15)26-17-4-2-11-23-13-17/h1-9,11,13H,10,12H2,(H,24,25). The van der Waals surface area contributed by atoms with E-state index >= 15 is 0 Å². The van der Waals surface area contributed by atoms with Crippen LogP contribution in [0.15, 0.2) is 67.0 Å². The van der Waals surface area contributed by atoms with E-state index in [4.69, 9.17) is 27.9 Å². The highest BCUT2D eigenvalue weighted by Gasteiger charge is 2.08. The van der Waals surface area contributed by atoms with Crippen LogP contribution in [0.1, 0.15) is 15.9 Å². The number of hydrogen-bond donors (Lipinski definition) is 1. The lowest BCUT2D eigenvalue weighted by molar-refractivity contribution is 0.0954. The van der Waals surface area contributed by atoms with Gasteiger partial charge in [-0.1, -0.05) is 35.3 Å². The van der Waals surface area contributed by atoms with Crippen LogP contribution in [0, 0.1) is 0 Å². The second kappa shape index (κ2) is 8.70. The van der Waals surface area contributed by atoms with E-state index in [0.717, 1.165) is 5.56 Å². The molecule has 0 fully saturated rings. The summed E-state index contributed by atoms with van der Waals surface area (Å²) in [7, 11) is 0. The van der Waals surface area contributed by atoms with Gasteiger partial charge >= 0.3 is 0 Å². The fraction of sp³-hybridized carbons (Fsp3) is 0.100. The van der Waals surface area contributed by atoms with Crippen LogP contribution in [0.5, 0.6) is 11.5 Å². The molecule has 1 N–H and O–H groups in total. The molecule has 1 heterocycles. The van der Waals surface area contributed by atoms with E-state index in [1.807, 2.05) is 18.2 Å². The number of nitrogens with zero attached hydrogens (tertiary/aromatic N) is 1. The predicted octanol–water partition coefficient (Wildman–Crippen LogP) is 5.15. The van der Waals surface area contributed by atoms with Gasteiger partial charge in [-0.05, 0) is 54.4 Å². The van der Waals surface area contributed by atoms with Crippen molar-refractivity contribution in [3.05, 3.63) is 88.2 Å². The molecule has 1 amide bonds. The molecule has 0 aliphatic rings. The summed E-state index contributed by atoms with van der Waals surface area (Å²) in [6.07, 6.45) is 3.91. The first kappa shape index (κ1) is 18.2.